The van der Waals surface area contributed by atoms with Gasteiger partial charge in [0.15, 0.2) is 5.75 Å². The Morgan fingerprint density at radius 3 is 2.80 bits per heavy atom. The second-order valence-electron chi connectivity index (χ2n) is 4.61. The molecule has 0 saturated heterocycles. The molecule has 1 N–H and O–H groups in total. The van der Waals surface area contributed by atoms with E-state index in [2.05, 4.69) is 5.32 Å². The van der Waals surface area contributed by atoms with Crippen molar-refractivity contribution in [3.63, 3.8) is 0 Å². The topological polar surface area (TPSA) is 67.6 Å². The van der Waals surface area contributed by atoms with Crippen molar-refractivity contribution in [2.45, 2.75) is 19.8 Å². The third kappa shape index (κ3) is 4.38. The molecule has 20 heavy (non-hydrogen) atoms. The molecule has 1 aromatic carbocycles. The van der Waals surface area contributed by atoms with Gasteiger partial charge in [0.2, 0.25) is 0 Å². The van der Waals surface area contributed by atoms with Gasteiger partial charge in [-0.3, -0.25) is 10.1 Å². The summed E-state index contributed by atoms with van der Waals surface area (Å²) in [7, 11) is 3.75. The lowest BCUT2D eigenvalue weighted by molar-refractivity contribution is -0.385. The maximum Gasteiger partial charge on any atom is 0.333 e. The number of anilines is 1. The molecule has 0 aliphatic rings. The predicted octanol–water partition coefficient (Wildman–Crippen LogP) is 2.43. The summed E-state index contributed by atoms with van der Waals surface area (Å²) in [5.74, 6) is 0.342. The van der Waals surface area contributed by atoms with Crippen LogP contribution in [0.3, 0.4) is 0 Å². The van der Waals surface area contributed by atoms with Crippen LogP contribution in [0.2, 0.25) is 0 Å². The number of nitro benzene ring substituents is 1. The van der Waals surface area contributed by atoms with Crippen molar-refractivity contribution in [3.05, 3.63) is 28.3 Å². The molecule has 0 aliphatic heterocycles. The molecule has 6 nitrogen and oxygen atoms in total. The number of para-hydroxylation sites is 1. The number of nitro groups is 1. The van der Waals surface area contributed by atoms with Crippen LogP contribution in [0.4, 0.5) is 11.4 Å². The first kappa shape index (κ1) is 16.2. The molecule has 6 heteroatoms. The third-order valence-corrected chi connectivity index (χ3v) is 2.95. The summed E-state index contributed by atoms with van der Waals surface area (Å²) in [5.41, 5.74) is 0.646. The Kier molecular flexibility index (Phi) is 6.79. The zero-order chi connectivity index (χ0) is 15.0. The van der Waals surface area contributed by atoms with Crippen molar-refractivity contribution in [2.75, 3.05) is 38.7 Å². The SMILES string of the molecule is CCCOc1cccc(N(C)CCCNC)c1[N+](=O)[O-]. The fourth-order valence-corrected chi connectivity index (χ4v) is 1.94. The average Bonchev–Trinajstić information content (AvgIpc) is 2.44. The lowest BCUT2D eigenvalue weighted by Crippen LogP contribution is -2.23. The van der Waals surface area contributed by atoms with Crippen LogP contribution in [0.15, 0.2) is 18.2 Å². The highest BCUT2D eigenvalue weighted by molar-refractivity contribution is 5.69. The minimum atomic E-state index is -0.366. The molecule has 0 spiro atoms. The summed E-state index contributed by atoms with van der Waals surface area (Å²) >= 11 is 0. The van der Waals surface area contributed by atoms with Crippen LogP contribution in [0.5, 0.6) is 5.75 Å². The van der Waals surface area contributed by atoms with Crippen LogP contribution >= 0.6 is 0 Å². The molecule has 0 atom stereocenters. The Labute approximate surface area is 119 Å². The molecule has 0 bridgehead atoms. The first-order valence-corrected chi connectivity index (χ1v) is 6.87. The Balaban J connectivity index is 2.96. The zero-order valence-corrected chi connectivity index (χ0v) is 12.4. The highest BCUT2D eigenvalue weighted by Crippen LogP contribution is 2.36. The van der Waals surface area contributed by atoms with E-state index in [4.69, 9.17) is 4.74 Å². The van der Waals surface area contributed by atoms with Gasteiger partial charge in [0.1, 0.15) is 5.69 Å². The largest absolute Gasteiger partial charge is 0.487 e. The molecule has 0 aliphatic carbocycles. The number of nitrogens with zero attached hydrogens (tertiary/aromatic N) is 2. The van der Waals surface area contributed by atoms with Crippen molar-refractivity contribution in [1.82, 2.24) is 5.32 Å². The molecule has 1 rings (SSSR count). The number of nitrogens with one attached hydrogen (secondary N) is 1. The van der Waals surface area contributed by atoms with E-state index < -0.39 is 0 Å². The average molecular weight is 281 g/mol. The minimum absolute atomic E-state index is 0.0490. The second kappa shape index (κ2) is 8.37. The summed E-state index contributed by atoms with van der Waals surface area (Å²) in [6.07, 6.45) is 1.74. The Morgan fingerprint density at radius 1 is 1.45 bits per heavy atom. The Bertz CT molecular complexity index is 438. The van der Waals surface area contributed by atoms with Crippen molar-refractivity contribution in [2.24, 2.45) is 0 Å². The molecule has 0 radical (unpaired) electrons. The van der Waals surface area contributed by atoms with Gasteiger partial charge in [-0.1, -0.05) is 13.0 Å². The predicted molar refractivity (Wildman–Crippen MR) is 80.7 cm³/mol. The van der Waals surface area contributed by atoms with Crippen molar-refractivity contribution < 1.29 is 9.66 Å². The smallest absolute Gasteiger partial charge is 0.333 e. The highest BCUT2D eigenvalue weighted by Gasteiger charge is 2.23. The number of benzene rings is 1. The maximum atomic E-state index is 11.3. The van der Waals surface area contributed by atoms with Crippen molar-refractivity contribution >= 4 is 11.4 Å². The number of rotatable bonds is 9. The summed E-state index contributed by atoms with van der Waals surface area (Å²) < 4.78 is 5.48. The molecular formula is C14H23N3O3. The fraction of sp³-hybridized carbons (Fsp3) is 0.571. The van der Waals surface area contributed by atoms with E-state index in [1.165, 1.54) is 0 Å². The minimum Gasteiger partial charge on any atom is -0.487 e. The van der Waals surface area contributed by atoms with E-state index in [1.54, 1.807) is 18.2 Å². The molecule has 0 heterocycles. The van der Waals surface area contributed by atoms with Crippen LogP contribution in [0.1, 0.15) is 19.8 Å². The summed E-state index contributed by atoms with van der Waals surface area (Å²) in [4.78, 5) is 12.9. The number of hydrogen-bond donors (Lipinski definition) is 1. The third-order valence-electron chi connectivity index (χ3n) is 2.95. The van der Waals surface area contributed by atoms with Gasteiger partial charge in [0, 0.05) is 13.6 Å². The lowest BCUT2D eigenvalue weighted by atomic mass is 10.2. The van der Waals surface area contributed by atoms with Crippen LogP contribution in [0, 0.1) is 10.1 Å². The van der Waals surface area contributed by atoms with E-state index in [1.807, 2.05) is 25.9 Å². The molecule has 1 aromatic rings. The van der Waals surface area contributed by atoms with Gasteiger partial charge in [-0.2, -0.15) is 0 Å². The summed E-state index contributed by atoms with van der Waals surface area (Å²) in [6.45, 7) is 4.08. The van der Waals surface area contributed by atoms with Gasteiger partial charge in [-0.05, 0) is 38.6 Å². The first-order chi connectivity index (χ1) is 9.61. The van der Waals surface area contributed by atoms with E-state index in [0.29, 0.717) is 18.0 Å². The molecular weight excluding hydrogens is 258 g/mol. The zero-order valence-electron chi connectivity index (χ0n) is 12.4. The van der Waals surface area contributed by atoms with Gasteiger partial charge in [-0.25, -0.2) is 0 Å². The van der Waals surface area contributed by atoms with Gasteiger partial charge < -0.3 is 15.0 Å². The number of hydrogen-bond acceptors (Lipinski definition) is 5. The fourth-order valence-electron chi connectivity index (χ4n) is 1.94. The molecule has 0 aromatic heterocycles. The van der Waals surface area contributed by atoms with E-state index >= 15 is 0 Å². The molecule has 0 unspecified atom stereocenters. The number of ether oxygens (including phenoxy) is 1. The van der Waals surface area contributed by atoms with Gasteiger partial charge in [-0.15, -0.1) is 0 Å². The van der Waals surface area contributed by atoms with Gasteiger partial charge >= 0.3 is 5.69 Å². The van der Waals surface area contributed by atoms with Gasteiger partial charge in [0.25, 0.3) is 0 Å². The Hall–Kier alpha value is -1.82. The quantitative estimate of drug-likeness (QED) is 0.428. The van der Waals surface area contributed by atoms with E-state index in [0.717, 1.165) is 25.9 Å². The monoisotopic (exact) mass is 281 g/mol. The standard InChI is InChI=1S/C14H23N3O3/c1-4-11-20-13-8-5-7-12(14(13)17(18)19)16(3)10-6-9-15-2/h5,7-8,15H,4,6,9-11H2,1-3H3. The van der Waals surface area contributed by atoms with Crippen LogP contribution in [0.25, 0.3) is 0 Å². The normalized spacial score (nSPS) is 10.3. The van der Waals surface area contributed by atoms with E-state index in [9.17, 15) is 10.1 Å². The molecule has 112 valence electrons. The lowest BCUT2D eigenvalue weighted by Gasteiger charge is -2.20. The first-order valence-electron chi connectivity index (χ1n) is 6.87. The molecule has 0 amide bonds. The maximum absolute atomic E-state index is 11.3. The van der Waals surface area contributed by atoms with Crippen LogP contribution in [-0.2, 0) is 0 Å². The summed E-state index contributed by atoms with van der Waals surface area (Å²) in [5, 5.41) is 14.4. The molecule has 0 saturated carbocycles. The van der Waals surface area contributed by atoms with Crippen LogP contribution in [-0.4, -0.2) is 38.7 Å². The van der Waals surface area contributed by atoms with E-state index in [-0.39, 0.29) is 10.6 Å². The van der Waals surface area contributed by atoms with Crippen LogP contribution < -0.4 is 15.0 Å². The summed E-state index contributed by atoms with van der Waals surface area (Å²) in [6, 6.07) is 5.21. The van der Waals surface area contributed by atoms with Crippen molar-refractivity contribution in [1.29, 1.82) is 0 Å². The van der Waals surface area contributed by atoms with Crippen molar-refractivity contribution in [3.8, 4) is 5.75 Å². The van der Waals surface area contributed by atoms with Gasteiger partial charge in [0.05, 0.1) is 11.5 Å². The molecule has 0 fully saturated rings. The highest BCUT2D eigenvalue weighted by atomic mass is 16.6. The Morgan fingerprint density at radius 2 is 2.20 bits per heavy atom. The second-order valence-corrected chi connectivity index (χ2v) is 4.61.